The highest BCUT2D eigenvalue weighted by atomic mass is 35.7. The van der Waals surface area contributed by atoms with Crippen molar-refractivity contribution in [1.29, 1.82) is 0 Å². The van der Waals surface area contributed by atoms with Gasteiger partial charge in [-0.2, -0.15) is 0 Å². The fourth-order valence-electron chi connectivity index (χ4n) is 3.57. The average Bonchev–Trinajstić information content (AvgIpc) is 2.67. The van der Waals surface area contributed by atoms with E-state index in [-0.39, 0.29) is 18.5 Å². The van der Waals surface area contributed by atoms with Crippen LogP contribution in [-0.2, 0) is 25.8 Å². The summed E-state index contributed by atoms with van der Waals surface area (Å²) in [7, 11) is 1.91. The first-order valence-corrected chi connectivity index (χ1v) is 11.3. The van der Waals surface area contributed by atoms with Crippen LogP contribution in [0.3, 0.4) is 0 Å². The van der Waals surface area contributed by atoms with Crippen molar-refractivity contribution in [3.8, 4) is 0 Å². The number of rotatable bonds is 5. The first-order chi connectivity index (χ1) is 12.9. The zero-order valence-corrected chi connectivity index (χ0v) is 16.5. The van der Waals surface area contributed by atoms with E-state index in [4.69, 9.17) is 15.4 Å². The Kier molecular flexibility index (Phi) is 6.07. The number of hydrogen-bond donors (Lipinski definition) is 0. The molecule has 0 unspecified atom stereocenters. The van der Waals surface area contributed by atoms with E-state index in [2.05, 4.69) is 0 Å². The highest BCUT2D eigenvalue weighted by Crippen LogP contribution is 2.37. The van der Waals surface area contributed by atoms with Crippen LogP contribution in [0.1, 0.15) is 24.0 Å². The molecule has 1 saturated heterocycles. The molecule has 1 fully saturated rings. The summed E-state index contributed by atoms with van der Waals surface area (Å²) in [6.07, 6.45) is 0.654. The Morgan fingerprint density at radius 3 is 2.11 bits per heavy atom. The van der Waals surface area contributed by atoms with Crippen LogP contribution in [-0.4, -0.2) is 38.3 Å². The molecule has 0 atom stereocenters. The number of carbonyl (C=O) groups excluding carboxylic acids is 1. The van der Waals surface area contributed by atoms with Crippen molar-refractivity contribution in [2.75, 3.05) is 18.8 Å². The van der Waals surface area contributed by atoms with Crippen LogP contribution in [0.15, 0.2) is 60.7 Å². The van der Waals surface area contributed by atoms with Gasteiger partial charge in [0.15, 0.2) is 0 Å². The van der Waals surface area contributed by atoms with Crippen LogP contribution in [0.25, 0.3) is 0 Å². The van der Waals surface area contributed by atoms with Gasteiger partial charge in [-0.05, 0) is 24.0 Å². The van der Waals surface area contributed by atoms with Crippen LogP contribution >= 0.6 is 10.7 Å². The van der Waals surface area contributed by atoms with E-state index in [1.807, 2.05) is 60.7 Å². The van der Waals surface area contributed by atoms with Gasteiger partial charge in [-0.15, -0.1) is 0 Å². The number of benzene rings is 2. The van der Waals surface area contributed by atoms with Crippen molar-refractivity contribution in [2.45, 2.75) is 24.9 Å². The van der Waals surface area contributed by atoms with Gasteiger partial charge in [0.05, 0.1) is 5.75 Å². The Hall–Kier alpha value is -2.05. The van der Waals surface area contributed by atoms with E-state index in [9.17, 15) is 13.2 Å². The van der Waals surface area contributed by atoms with E-state index in [1.54, 1.807) is 4.90 Å². The third kappa shape index (κ3) is 5.23. The standard InChI is InChI=1S/C20H22ClNO4S/c21-27(24,25)16-20(18-9-5-2-6-10-18)11-13-22(14-12-20)19(23)26-15-17-7-3-1-4-8-17/h1-10H,11-16H2. The fourth-order valence-corrected chi connectivity index (χ4v) is 5.31. The second-order valence-corrected chi connectivity index (χ2v) is 9.63. The number of halogens is 1. The molecule has 0 N–H and O–H groups in total. The Morgan fingerprint density at radius 2 is 1.56 bits per heavy atom. The molecule has 0 spiro atoms. The largest absolute Gasteiger partial charge is 0.445 e. The molecule has 7 heteroatoms. The van der Waals surface area contributed by atoms with Gasteiger partial charge < -0.3 is 9.64 Å². The molecule has 0 saturated carbocycles. The van der Waals surface area contributed by atoms with Gasteiger partial charge in [0.2, 0.25) is 9.05 Å². The second kappa shape index (κ2) is 8.31. The summed E-state index contributed by atoms with van der Waals surface area (Å²) in [6, 6.07) is 19.0. The molecule has 5 nitrogen and oxygen atoms in total. The van der Waals surface area contributed by atoms with Crippen molar-refractivity contribution >= 4 is 25.8 Å². The predicted octanol–water partition coefficient (Wildman–Crippen LogP) is 3.93. The molecule has 144 valence electrons. The van der Waals surface area contributed by atoms with Crippen LogP contribution in [0.2, 0.25) is 0 Å². The minimum absolute atomic E-state index is 0.140. The van der Waals surface area contributed by atoms with E-state index in [0.717, 1.165) is 11.1 Å². The summed E-state index contributed by atoms with van der Waals surface area (Å²) < 4.78 is 29.0. The van der Waals surface area contributed by atoms with Gasteiger partial charge >= 0.3 is 6.09 Å². The van der Waals surface area contributed by atoms with Gasteiger partial charge in [-0.3, -0.25) is 0 Å². The van der Waals surface area contributed by atoms with Crippen molar-refractivity contribution in [3.63, 3.8) is 0 Å². The molecule has 1 aliphatic rings. The molecular formula is C20H22ClNO4S. The van der Waals surface area contributed by atoms with Gasteiger partial charge in [0.25, 0.3) is 0 Å². The molecule has 0 aromatic heterocycles. The highest BCUT2D eigenvalue weighted by molar-refractivity contribution is 8.13. The number of hydrogen-bond acceptors (Lipinski definition) is 4. The minimum atomic E-state index is -3.68. The fraction of sp³-hybridized carbons (Fsp3) is 0.350. The summed E-state index contributed by atoms with van der Waals surface area (Å²) in [5.41, 5.74) is 1.28. The van der Waals surface area contributed by atoms with E-state index < -0.39 is 14.5 Å². The molecule has 0 bridgehead atoms. The van der Waals surface area contributed by atoms with Gasteiger partial charge in [0, 0.05) is 29.2 Å². The lowest BCUT2D eigenvalue weighted by molar-refractivity contribution is 0.0797. The molecule has 27 heavy (non-hydrogen) atoms. The Balaban J connectivity index is 1.66. The van der Waals surface area contributed by atoms with Crippen LogP contribution in [0.5, 0.6) is 0 Å². The van der Waals surface area contributed by atoms with Crippen molar-refractivity contribution in [3.05, 3.63) is 71.8 Å². The third-order valence-electron chi connectivity index (χ3n) is 5.02. The Morgan fingerprint density at radius 1 is 1.00 bits per heavy atom. The van der Waals surface area contributed by atoms with Gasteiger partial charge in [-0.1, -0.05) is 60.7 Å². The topological polar surface area (TPSA) is 63.7 Å². The molecule has 3 rings (SSSR count). The van der Waals surface area contributed by atoms with E-state index >= 15 is 0 Å². The SMILES string of the molecule is O=C(OCc1ccccc1)N1CCC(CS(=O)(=O)Cl)(c2ccccc2)CC1. The van der Waals surface area contributed by atoms with Gasteiger partial charge in [0.1, 0.15) is 6.61 Å². The molecule has 1 amide bonds. The van der Waals surface area contributed by atoms with Crippen molar-refractivity contribution < 1.29 is 17.9 Å². The maximum atomic E-state index is 12.4. The number of ether oxygens (including phenoxy) is 1. The zero-order valence-electron chi connectivity index (χ0n) is 14.9. The van der Waals surface area contributed by atoms with Crippen LogP contribution in [0.4, 0.5) is 4.79 Å². The Labute approximate surface area is 164 Å². The monoisotopic (exact) mass is 407 g/mol. The first kappa shape index (κ1) is 19.7. The quantitative estimate of drug-likeness (QED) is 0.704. The van der Waals surface area contributed by atoms with E-state index in [0.29, 0.717) is 25.9 Å². The summed E-state index contributed by atoms with van der Waals surface area (Å²) in [5, 5.41) is 0. The zero-order chi connectivity index (χ0) is 19.3. The van der Waals surface area contributed by atoms with Crippen LogP contribution < -0.4 is 0 Å². The molecule has 2 aromatic rings. The van der Waals surface area contributed by atoms with Crippen LogP contribution in [0, 0.1) is 0 Å². The normalized spacial score (nSPS) is 16.7. The van der Waals surface area contributed by atoms with Gasteiger partial charge in [-0.25, -0.2) is 13.2 Å². The molecule has 0 aliphatic carbocycles. The molecule has 0 radical (unpaired) electrons. The number of amides is 1. The summed E-state index contributed by atoms with van der Waals surface area (Å²) in [6.45, 7) is 1.07. The molecule has 2 aromatic carbocycles. The maximum Gasteiger partial charge on any atom is 0.410 e. The summed E-state index contributed by atoms with van der Waals surface area (Å²) >= 11 is 0. The highest BCUT2D eigenvalue weighted by Gasteiger charge is 2.40. The first-order valence-electron chi connectivity index (χ1n) is 8.81. The van der Waals surface area contributed by atoms with Crippen molar-refractivity contribution in [2.24, 2.45) is 0 Å². The molecular weight excluding hydrogens is 386 g/mol. The van der Waals surface area contributed by atoms with Crippen molar-refractivity contribution in [1.82, 2.24) is 4.90 Å². The minimum Gasteiger partial charge on any atom is -0.445 e. The summed E-state index contributed by atoms with van der Waals surface area (Å²) in [4.78, 5) is 14.0. The predicted molar refractivity (Wildman–Crippen MR) is 105 cm³/mol. The number of carbonyl (C=O) groups is 1. The molecule has 1 aliphatic heterocycles. The lowest BCUT2D eigenvalue weighted by Gasteiger charge is -2.41. The lowest BCUT2D eigenvalue weighted by atomic mass is 9.74. The maximum absolute atomic E-state index is 12.4. The second-order valence-electron chi connectivity index (χ2n) is 6.86. The van der Waals surface area contributed by atoms with E-state index in [1.165, 1.54) is 0 Å². The molecule has 1 heterocycles. The lowest BCUT2D eigenvalue weighted by Crippen LogP contribution is -2.47. The summed E-state index contributed by atoms with van der Waals surface area (Å²) in [5.74, 6) is -0.140. The smallest absolute Gasteiger partial charge is 0.410 e. The average molecular weight is 408 g/mol. The Bertz CT molecular complexity index is 863. The number of piperidine rings is 1. The number of nitrogens with zero attached hydrogens (tertiary/aromatic N) is 1. The number of likely N-dealkylation sites (tertiary alicyclic amines) is 1. The third-order valence-corrected chi connectivity index (χ3v) is 6.24.